The second kappa shape index (κ2) is 5.03. The molecule has 1 unspecified atom stereocenters. The van der Waals surface area contributed by atoms with Crippen molar-refractivity contribution in [2.75, 3.05) is 0 Å². The van der Waals surface area contributed by atoms with E-state index in [9.17, 15) is 5.11 Å². The molecule has 0 aliphatic rings. The lowest BCUT2D eigenvalue weighted by atomic mass is 9.97. The van der Waals surface area contributed by atoms with E-state index in [1.807, 2.05) is 12.1 Å². The summed E-state index contributed by atoms with van der Waals surface area (Å²) in [5.41, 5.74) is 3.37. The quantitative estimate of drug-likeness (QED) is 0.867. The maximum atomic E-state index is 10.5. The normalized spacial score (nSPS) is 12.7. The van der Waals surface area contributed by atoms with Gasteiger partial charge in [-0.3, -0.25) is 0 Å². The topological polar surface area (TPSA) is 20.2 Å². The van der Waals surface area contributed by atoms with Gasteiger partial charge in [-0.05, 0) is 49.1 Å². The van der Waals surface area contributed by atoms with E-state index in [2.05, 4.69) is 39.0 Å². The maximum Gasteiger partial charge on any atom is 0.114 e. The van der Waals surface area contributed by atoms with Gasteiger partial charge >= 0.3 is 0 Å². The van der Waals surface area contributed by atoms with Crippen molar-refractivity contribution in [1.82, 2.24) is 0 Å². The summed E-state index contributed by atoms with van der Waals surface area (Å²) in [4.78, 5) is 2.37. The molecule has 2 aromatic rings. The van der Waals surface area contributed by atoms with Crippen molar-refractivity contribution >= 4 is 11.3 Å². The number of hydrogen-bond acceptors (Lipinski definition) is 2. The van der Waals surface area contributed by atoms with Crippen LogP contribution < -0.4 is 0 Å². The average Bonchev–Trinajstić information content (AvgIpc) is 2.77. The number of aryl methyl sites for hydroxylation is 3. The summed E-state index contributed by atoms with van der Waals surface area (Å²) in [5, 5.41) is 10.5. The first-order chi connectivity index (χ1) is 8.13. The summed E-state index contributed by atoms with van der Waals surface area (Å²) in [5.74, 6) is 0. The van der Waals surface area contributed by atoms with Crippen LogP contribution in [0.2, 0.25) is 0 Å². The van der Waals surface area contributed by atoms with Crippen molar-refractivity contribution in [3.8, 4) is 0 Å². The van der Waals surface area contributed by atoms with Gasteiger partial charge < -0.3 is 5.11 Å². The fourth-order valence-corrected chi connectivity index (χ4v) is 3.08. The molecule has 1 nitrogen and oxygen atoms in total. The Morgan fingerprint density at radius 2 is 1.76 bits per heavy atom. The molecule has 0 aliphatic carbocycles. The maximum absolute atomic E-state index is 10.5. The van der Waals surface area contributed by atoms with E-state index < -0.39 is 6.10 Å². The standard InChI is InChI=1S/C15H18OS/c1-4-12-8-9-13(17-12)15(16)14-10(2)6-5-7-11(14)3/h5-9,15-16H,4H2,1-3H3. The van der Waals surface area contributed by atoms with Crippen LogP contribution in [0.4, 0.5) is 0 Å². The lowest BCUT2D eigenvalue weighted by Gasteiger charge is -2.15. The molecule has 90 valence electrons. The molecule has 1 atom stereocenters. The minimum Gasteiger partial charge on any atom is -0.383 e. The average molecular weight is 246 g/mol. The molecular formula is C15H18OS. The zero-order valence-electron chi connectivity index (χ0n) is 10.5. The fourth-order valence-electron chi connectivity index (χ4n) is 2.13. The van der Waals surface area contributed by atoms with Gasteiger partial charge in [0.2, 0.25) is 0 Å². The van der Waals surface area contributed by atoms with Gasteiger partial charge in [0.1, 0.15) is 6.10 Å². The van der Waals surface area contributed by atoms with E-state index in [0.717, 1.165) is 28.0 Å². The summed E-state index contributed by atoms with van der Waals surface area (Å²) in [6.07, 6.45) is 0.547. The molecule has 0 bridgehead atoms. The number of aliphatic hydroxyl groups excluding tert-OH is 1. The Morgan fingerprint density at radius 3 is 2.29 bits per heavy atom. The molecule has 2 rings (SSSR count). The van der Waals surface area contributed by atoms with Gasteiger partial charge in [0, 0.05) is 9.75 Å². The van der Waals surface area contributed by atoms with Crippen LogP contribution in [0.3, 0.4) is 0 Å². The predicted octanol–water partition coefficient (Wildman–Crippen LogP) is 4.01. The molecule has 1 heterocycles. The molecule has 0 radical (unpaired) electrons. The third-order valence-corrected chi connectivity index (χ3v) is 4.40. The largest absolute Gasteiger partial charge is 0.383 e. The van der Waals surface area contributed by atoms with E-state index in [4.69, 9.17) is 0 Å². The summed E-state index contributed by atoms with van der Waals surface area (Å²) >= 11 is 1.70. The second-order valence-corrected chi connectivity index (χ2v) is 5.57. The van der Waals surface area contributed by atoms with E-state index in [1.54, 1.807) is 11.3 Å². The van der Waals surface area contributed by atoms with Crippen LogP contribution in [0.25, 0.3) is 0 Å². The molecule has 0 saturated carbocycles. The first kappa shape index (κ1) is 12.3. The molecule has 1 N–H and O–H groups in total. The predicted molar refractivity (Wildman–Crippen MR) is 73.7 cm³/mol. The number of benzene rings is 1. The van der Waals surface area contributed by atoms with E-state index in [0.29, 0.717) is 0 Å². The smallest absolute Gasteiger partial charge is 0.114 e. The van der Waals surface area contributed by atoms with Crippen molar-refractivity contribution in [3.05, 3.63) is 56.8 Å². The highest BCUT2D eigenvalue weighted by atomic mass is 32.1. The highest BCUT2D eigenvalue weighted by Gasteiger charge is 2.16. The van der Waals surface area contributed by atoms with E-state index in [1.165, 1.54) is 4.88 Å². The first-order valence-corrected chi connectivity index (χ1v) is 6.78. The molecule has 0 spiro atoms. The number of aliphatic hydroxyl groups is 1. The summed E-state index contributed by atoms with van der Waals surface area (Å²) < 4.78 is 0. The summed E-state index contributed by atoms with van der Waals surface area (Å²) in [6.45, 7) is 6.25. The Morgan fingerprint density at radius 1 is 1.12 bits per heavy atom. The van der Waals surface area contributed by atoms with E-state index >= 15 is 0 Å². The van der Waals surface area contributed by atoms with Gasteiger partial charge in [0.05, 0.1) is 0 Å². The van der Waals surface area contributed by atoms with Crippen molar-refractivity contribution in [3.63, 3.8) is 0 Å². The van der Waals surface area contributed by atoms with Crippen LogP contribution in [-0.2, 0) is 6.42 Å². The van der Waals surface area contributed by atoms with E-state index in [-0.39, 0.29) is 0 Å². The number of thiophene rings is 1. The van der Waals surface area contributed by atoms with Gasteiger partial charge in [-0.2, -0.15) is 0 Å². The fraction of sp³-hybridized carbons (Fsp3) is 0.333. The minimum atomic E-state index is -0.485. The van der Waals surface area contributed by atoms with Crippen LogP contribution in [0, 0.1) is 13.8 Å². The highest BCUT2D eigenvalue weighted by molar-refractivity contribution is 7.12. The van der Waals surface area contributed by atoms with Gasteiger partial charge in [0.15, 0.2) is 0 Å². The Bertz CT molecular complexity index is 493. The zero-order chi connectivity index (χ0) is 12.4. The Kier molecular flexibility index (Phi) is 3.65. The molecule has 0 fully saturated rings. The molecule has 0 saturated heterocycles. The molecule has 1 aromatic carbocycles. The molecule has 2 heteroatoms. The SMILES string of the molecule is CCc1ccc(C(O)c2c(C)cccc2C)s1. The molecule has 0 amide bonds. The van der Waals surface area contributed by atoms with Gasteiger partial charge in [0.25, 0.3) is 0 Å². The molecule has 1 aromatic heterocycles. The van der Waals surface area contributed by atoms with Gasteiger partial charge in [-0.1, -0.05) is 25.1 Å². The molecular weight excluding hydrogens is 228 g/mol. The zero-order valence-corrected chi connectivity index (χ0v) is 11.3. The van der Waals surface area contributed by atoms with Crippen LogP contribution >= 0.6 is 11.3 Å². The second-order valence-electron chi connectivity index (χ2n) is 4.37. The van der Waals surface area contributed by atoms with Crippen LogP contribution in [0.1, 0.15) is 39.5 Å². The molecule has 17 heavy (non-hydrogen) atoms. The number of rotatable bonds is 3. The molecule has 0 aliphatic heterocycles. The Hall–Kier alpha value is -1.12. The monoisotopic (exact) mass is 246 g/mol. The van der Waals surface area contributed by atoms with Crippen LogP contribution in [0.15, 0.2) is 30.3 Å². The van der Waals surface area contributed by atoms with Crippen molar-refractivity contribution in [2.45, 2.75) is 33.3 Å². The lowest BCUT2D eigenvalue weighted by Crippen LogP contribution is -2.02. The van der Waals surface area contributed by atoms with Crippen LogP contribution in [-0.4, -0.2) is 5.11 Å². The first-order valence-electron chi connectivity index (χ1n) is 5.96. The number of hydrogen-bond donors (Lipinski definition) is 1. The highest BCUT2D eigenvalue weighted by Crippen LogP contribution is 2.32. The minimum absolute atomic E-state index is 0.485. The summed E-state index contributed by atoms with van der Waals surface area (Å²) in [6, 6.07) is 10.3. The van der Waals surface area contributed by atoms with Crippen molar-refractivity contribution in [2.24, 2.45) is 0 Å². The summed E-state index contributed by atoms with van der Waals surface area (Å²) in [7, 11) is 0. The van der Waals surface area contributed by atoms with Gasteiger partial charge in [-0.15, -0.1) is 11.3 Å². The third kappa shape index (κ3) is 2.43. The lowest BCUT2D eigenvalue weighted by molar-refractivity contribution is 0.222. The van der Waals surface area contributed by atoms with Gasteiger partial charge in [-0.25, -0.2) is 0 Å². The van der Waals surface area contributed by atoms with Crippen LogP contribution in [0.5, 0.6) is 0 Å². The van der Waals surface area contributed by atoms with Crippen molar-refractivity contribution in [1.29, 1.82) is 0 Å². The van der Waals surface area contributed by atoms with Crippen molar-refractivity contribution < 1.29 is 5.11 Å². The third-order valence-electron chi connectivity index (χ3n) is 3.12. The Labute approximate surface area is 107 Å². The Balaban J connectivity index is 2.39.